The minimum Gasteiger partial charge on any atom is -0.392 e. The zero-order chi connectivity index (χ0) is 12.1. The lowest BCUT2D eigenvalue weighted by Gasteiger charge is -2.25. The summed E-state index contributed by atoms with van der Waals surface area (Å²) >= 11 is 3.43. The Labute approximate surface area is 106 Å². The van der Waals surface area contributed by atoms with Gasteiger partial charge in [-0.1, -0.05) is 41.9 Å². The number of hydrogen-bond acceptors (Lipinski definition) is 2. The highest BCUT2D eigenvalue weighted by atomic mass is 79.9. The first-order valence-electron chi connectivity index (χ1n) is 5.67. The van der Waals surface area contributed by atoms with Gasteiger partial charge in [0, 0.05) is 4.47 Å². The maximum absolute atomic E-state index is 10.1. The van der Waals surface area contributed by atoms with Crippen LogP contribution in [0.3, 0.4) is 0 Å². The Balaban J connectivity index is 2.66. The van der Waals surface area contributed by atoms with Crippen molar-refractivity contribution in [2.24, 2.45) is 17.6 Å². The zero-order valence-corrected chi connectivity index (χ0v) is 11.4. The predicted molar refractivity (Wildman–Crippen MR) is 71.2 cm³/mol. The highest BCUT2D eigenvalue weighted by Crippen LogP contribution is 2.19. The molecule has 3 N–H and O–H groups in total. The highest BCUT2D eigenvalue weighted by molar-refractivity contribution is 9.10. The molecule has 90 valence electrons. The van der Waals surface area contributed by atoms with Crippen molar-refractivity contribution < 1.29 is 5.11 Å². The molecule has 0 spiro atoms. The van der Waals surface area contributed by atoms with Crippen molar-refractivity contribution in [2.45, 2.75) is 26.4 Å². The number of aliphatic hydroxyl groups excluding tert-OH is 1. The maximum atomic E-state index is 10.1. The van der Waals surface area contributed by atoms with E-state index in [0.29, 0.717) is 18.9 Å². The average Bonchev–Trinajstić information content (AvgIpc) is 2.17. The summed E-state index contributed by atoms with van der Waals surface area (Å²) in [6.45, 7) is 4.73. The fourth-order valence-corrected chi connectivity index (χ4v) is 2.38. The number of halogens is 1. The van der Waals surface area contributed by atoms with E-state index in [1.807, 2.05) is 24.3 Å². The van der Waals surface area contributed by atoms with Gasteiger partial charge in [-0.05, 0) is 42.5 Å². The van der Waals surface area contributed by atoms with Gasteiger partial charge in [-0.3, -0.25) is 0 Å². The molecule has 0 aliphatic rings. The first-order chi connectivity index (χ1) is 7.54. The molecule has 16 heavy (non-hydrogen) atoms. The summed E-state index contributed by atoms with van der Waals surface area (Å²) in [7, 11) is 0. The summed E-state index contributed by atoms with van der Waals surface area (Å²) in [4.78, 5) is 0. The van der Waals surface area contributed by atoms with E-state index in [1.165, 1.54) is 0 Å². The Morgan fingerprint density at radius 2 is 2.06 bits per heavy atom. The molecule has 2 atom stereocenters. The van der Waals surface area contributed by atoms with E-state index in [0.717, 1.165) is 10.0 Å². The first kappa shape index (κ1) is 13.7. The molecule has 0 fully saturated rings. The van der Waals surface area contributed by atoms with Crippen LogP contribution in [0.2, 0.25) is 0 Å². The first-order valence-corrected chi connectivity index (χ1v) is 6.46. The second-order valence-corrected chi connectivity index (χ2v) is 5.46. The lowest BCUT2D eigenvalue weighted by Crippen LogP contribution is -2.33. The third-order valence-electron chi connectivity index (χ3n) is 2.96. The van der Waals surface area contributed by atoms with Crippen LogP contribution in [-0.2, 0) is 6.42 Å². The molecule has 0 radical (unpaired) electrons. The van der Waals surface area contributed by atoms with Crippen LogP contribution in [0.5, 0.6) is 0 Å². The molecule has 1 aromatic rings. The van der Waals surface area contributed by atoms with Gasteiger partial charge in [0.15, 0.2) is 0 Å². The molecule has 0 saturated carbocycles. The van der Waals surface area contributed by atoms with Gasteiger partial charge in [-0.15, -0.1) is 0 Å². The molecule has 0 aliphatic heterocycles. The van der Waals surface area contributed by atoms with Crippen LogP contribution in [0.25, 0.3) is 0 Å². The number of hydrogen-bond donors (Lipinski definition) is 2. The predicted octanol–water partition coefficient (Wildman–Crippen LogP) is 2.58. The Morgan fingerprint density at radius 1 is 1.38 bits per heavy atom. The van der Waals surface area contributed by atoms with Gasteiger partial charge in [-0.2, -0.15) is 0 Å². The number of benzene rings is 1. The molecule has 1 rings (SSSR count). The molecule has 2 nitrogen and oxygen atoms in total. The van der Waals surface area contributed by atoms with E-state index < -0.39 is 0 Å². The number of aliphatic hydroxyl groups is 1. The van der Waals surface area contributed by atoms with Crippen LogP contribution in [0.1, 0.15) is 19.4 Å². The van der Waals surface area contributed by atoms with Crippen molar-refractivity contribution in [3.05, 3.63) is 34.3 Å². The Bertz CT molecular complexity index is 327. The molecule has 0 bridgehead atoms. The largest absolute Gasteiger partial charge is 0.392 e. The fourth-order valence-electron chi connectivity index (χ4n) is 1.93. The quantitative estimate of drug-likeness (QED) is 0.874. The van der Waals surface area contributed by atoms with Gasteiger partial charge in [0.05, 0.1) is 6.10 Å². The standard InChI is InChI=1S/C13H20BrNO/c1-9(2)12(8-15)13(16)7-10-4-3-5-11(14)6-10/h3-6,9,12-13,16H,7-8,15H2,1-2H3. The molecule has 0 heterocycles. The summed E-state index contributed by atoms with van der Waals surface area (Å²) in [6, 6.07) is 8.04. The van der Waals surface area contributed by atoms with Crippen LogP contribution >= 0.6 is 15.9 Å². The Morgan fingerprint density at radius 3 is 2.56 bits per heavy atom. The molecular weight excluding hydrogens is 266 g/mol. The summed E-state index contributed by atoms with van der Waals surface area (Å²) in [5.41, 5.74) is 6.83. The van der Waals surface area contributed by atoms with E-state index in [2.05, 4.69) is 29.8 Å². The molecule has 0 aromatic heterocycles. The molecule has 0 saturated heterocycles. The lowest BCUT2D eigenvalue weighted by atomic mass is 9.87. The van der Waals surface area contributed by atoms with Crippen LogP contribution in [0.4, 0.5) is 0 Å². The Hall–Kier alpha value is -0.380. The lowest BCUT2D eigenvalue weighted by molar-refractivity contribution is 0.0863. The van der Waals surface area contributed by atoms with Gasteiger partial charge in [0.2, 0.25) is 0 Å². The average molecular weight is 286 g/mol. The van der Waals surface area contributed by atoms with Crippen LogP contribution in [0, 0.1) is 11.8 Å². The second kappa shape index (κ2) is 6.38. The monoisotopic (exact) mass is 285 g/mol. The third kappa shape index (κ3) is 3.89. The summed E-state index contributed by atoms with van der Waals surface area (Å²) in [5, 5.41) is 10.1. The van der Waals surface area contributed by atoms with E-state index in [-0.39, 0.29) is 12.0 Å². The van der Waals surface area contributed by atoms with E-state index in [9.17, 15) is 5.11 Å². The van der Waals surface area contributed by atoms with Crippen molar-refractivity contribution in [1.82, 2.24) is 0 Å². The second-order valence-electron chi connectivity index (χ2n) is 4.54. The molecule has 3 heteroatoms. The van der Waals surface area contributed by atoms with Crippen molar-refractivity contribution in [1.29, 1.82) is 0 Å². The normalized spacial score (nSPS) is 15.1. The Kier molecular flexibility index (Phi) is 5.46. The van der Waals surface area contributed by atoms with E-state index in [1.54, 1.807) is 0 Å². The van der Waals surface area contributed by atoms with E-state index >= 15 is 0 Å². The van der Waals surface area contributed by atoms with Gasteiger partial charge in [0.1, 0.15) is 0 Å². The van der Waals surface area contributed by atoms with Crippen LogP contribution < -0.4 is 5.73 Å². The topological polar surface area (TPSA) is 46.2 Å². The van der Waals surface area contributed by atoms with Crippen molar-refractivity contribution in [3.63, 3.8) is 0 Å². The summed E-state index contributed by atoms with van der Waals surface area (Å²) in [5.74, 6) is 0.575. The maximum Gasteiger partial charge on any atom is 0.0623 e. The van der Waals surface area contributed by atoms with Gasteiger partial charge < -0.3 is 10.8 Å². The fraction of sp³-hybridized carbons (Fsp3) is 0.538. The van der Waals surface area contributed by atoms with Gasteiger partial charge >= 0.3 is 0 Å². The molecule has 0 aliphatic carbocycles. The van der Waals surface area contributed by atoms with Crippen molar-refractivity contribution in [2.75, 3.05) is 6.54 Å². The molecule has 1 aromatic carbocycles. The smallest absolute Gasteiger partial charge is 0.0623 e. The number of nitrogens with two attached hydrogens (primary N) is 1. The van der Waals surface area contributed by atoms with E-state index in [4.69, 9.17) is 5.73 Å². The zero-order valence-electron chi connectivity index (χ0n) is 9.86. The molecule has 2 unspecified atom stereocenters. The minimum absolute atomic E-state index is 0.166. The SMILES string of the molecule is CC(C)C(CN)C(O)Cc1cccc(Br)c1. The third-order valence-corrected chi connectivity index (χ3v) is 3.45. The minimum atomic E-state index is -0.362. The molecular formula is C13H20BrNO. The van der Waals surface area contributed by atoms with Crippen molar-refractivity contribution in [3.8, 4) is 0 Å². The summed E-state index contributed by atoms with van der Waals surface area (Å²) < 4.78 is 1.05. The van der Waals surface area contributed by atoms with Gasteiger partial charge in [-0.25, -0.2) is 0 Å². The van der Waals surface area contributed by atoms with Gasteiger partial charge in [0.25, 0.3) is 0 Å². The van der Waals surface area contributed by atoms with Crippen LogP contribution in [-0.4, -0.2) is 17.8 Å². The van der Waals surface area contributed by atoms with Crippen LogP contribution in [0.15, 0.2) is 28.7 Å². The highest BCUT2D eigenvalue weighted by Gasteiger charge is 2.21. The number of rotatable bonds is 5. The molecule has 0 amide bonds. The summed E-state index contributed by atoms with van der Waals surface area (Å²) in [6.07, 6.45) is 0.304. The van der Waals surface area contributed by atoms with Crippen molar-refractivity contribution >= 4 is 15.9 Å².